The van der Waals surface area contributed by atoms with Gasteiger partial charge in [0.15, 0.2) is 0 Å². The van der Waals surface area contributed by atoms with Crippen LogP contribution in [0.15, 0.2) is 73.1 Å². The van der Waals surface area contributed by atoms with Gasteiger partial charge in [0.25, 0.3) is 0 Å². The molecule has 2 aliphatic heterocycles. The van der Waals surface area contributed by atoms with Crippen molar-refractivity contribution in [2.45, 2.75) is 38.0 Å². The number of carbonyl (C=O) groups is 1. The lowest BCUT2D eigenvalue weighted by molar-refractivity contribution is -0.126. The summed E-state index contributed by atoms with van der Waals surface area (Å²) in [6.45, 7) is 2.86. The molecule has 0 radical (unpaired) electrons. The fourth-order valence-electron chi connectivity index (χ4n) is 4.89. The van der Waals surface area contributed by atoms with E-state index in [1.165, 1.54) is 6.33 Å². The lowest BCUT2D eigenvalue weighted by Gasteiger charge is -2.33. The number of rotatable bonds is 8. The third kappa shape index (κ3) is 7.11. The van der Waals surface area contributed by atoms with Crippen molar-refractivity contribution >= 4 is 11.7 Å². The van der Waals surface area contributed by atoms with Crippen LogP contribution in [0.5, 0.6) is 17.4 Å². The molecule has 0 saturated carbocycles. The van der Waals surface area contributed by atoms with E-state index >= 15 is 0 Å². The maximum absolute atomic E-state index is 12.9. The summed E-state index contributed by atoms with van der Waals surface area (Å²) < 4.78 is 25.2. The SMILES string of the molecule is Nc1ncnc(OC2CCCN(C(=O)/C=C/CN3CC(F)C3)CCC2)c1-c1ccc(Oc2ccccc2)cc1. The summed E-state index contributed by atoms with van der Waals surface area (Å²) in [5.41, 5.74) is 7.78. The molecule has 8 nitrogen and oxygen atoms in total. The van der Waals surface area contributed by atoms with Crippen molar-refractivity contribution < 1.29 is 18.7 Å². The monoisotopic (exact) mass is 531 g/mol. The Kier molecular flexibility index (Phi) is 8.68. The van der Waals surface area contributed by atoms with E-state index in [0.717, 1.165) is 37.0 Å². The van der Waals surface area contributed by atoms with Crippen LogP contribution in [-0.4, -0.2) is 70.7 Å². The highest BCUT2D eigenvalue weighted by atomic mass is 19.1. The second kappa shape index (κ2) is 12.7. The third-order valence-electron chi connectivity index (χ3n) is 7.00. The highest BCUT2D eigenvalue weighted by molar-refractivity contribution is 5.87. The van der Waals surface area contributed by atoms with E-state index in [-0.39, 0.29) is 12.0 Å². The Hall–Kier alpha value is -3.98. The summed E-state index contributed by atoms with van der Waals surface area (Å²) in [6, 6.07) is 17.2. The summed E-state index contributed by atoms with van der Waals surface area (Å²) in [4.78, 5) is 25.1. The summed E-state index contributed by atoms with van der Waals surface area (Å²) in [7, 11) is 0. The first kappa shape index (κ1) is 26.6. The molecule has 3 aromatic rings. The number of carbonyl (C=O) groups excluding carboxylic acids is 1. The molecule has 39 heavy (non-hydrogen) atoms. The number of anilines is 1. The molecule has 9 heteroatoms. The Labute approximate surface area is 228 Å². The van der Waals surface area contributed by atoms with E-state index < -0.39 is 6.17 Å². The van der Waals surface area contributed by atoms with Crippen LogP contribution in [0, 0.1) is 0 Å². The summed E-state index contributed by atoms with van der Waals surface area (Å²) in [5, 5.41) is 0. The number of nitrogens with zero attached hydrogens (tertiary/aromatic N) is 4. The molecule has 1 amide bonds. The molecule has 2 N–H and O–H groups in total. The maximum atomic E-state index is 12.9. The normalized spacial score (nSPS) is 17.4. The van der Waals surface area contributed by atoms with Gasteiger partial charge in [0.05, 0.1) is 5.56 Å². The van der Waals surface area contributed by atoms with Crippen molar-refractivity contribution in [2.75, 3.05) is 38.5 Å². The minimum Gasteiger partial charge on any atom is -0.474 e. The van der Waals surface area contributed by atoms with E-state index in [0.29, 0.717) is 55.7 Å². The van der Waals surface area contributed by atoms with Crippen LogP contribution >= 0.6 is 0 Å². The molecule has 204 valence electrons. The number of aromatic nitrogens is 2. The number of nitrogens with two attached hydrogens (primary N) is 1. The van der Waals surface area contributed by atoms with E-state index in [4.69, 9.17) is 15.2 Å². The zero-order valence-corrected chi connectivity index (χ0v) is 21.9. The van der Waals surface area contributed by atoms with Gasteiger partial charge in [-0.25, -0.2) is 14.4 Å². The standard InChI is InChI=1S/C30H34FN5O3/c31-23-19-35(20-23)16-6-11-27(37)36-17-4-9-25(10-5-18-36)39-30-28(29(32)33-21-34-30)22-12-14-26(15-13-22)38-24-7-2-1-3-8-24/h1-3,6-8,11-15,21,23,25H,4-5,9-10,16-20H2,(H2,32,33,34)/b11-6+. The number of halogens is 1. The minimum atomic E-state index is -0.728. The van der Waals surface area contributed by atoms with Crippen LogP contribution < -0.4 is 15.2 Å². The number of alkyl halides is 1. The van der Waals surface area contributed by atoms with Gasteiger partial charge in [0.1, 0.15) is 35.9 Å². The summed E-state index contributed by atoms with van der Waals surface area (Å²) in [5.74, 6) is 2.30. The maximum Gasteiger partial charge on any atom is 0.246 e. The fraction of sp³-hybridized carbons (Fsp3) is 0.367. The first-order valence-corrected chi connectivity index (χ1v) is 13.5. The molecule has 2 saturated heterocycles. The predicted molar refractivity (Wildman–Crippen MR) is 148 cm³/mol. The molecule has 1 aromatic heterocycles. The molecule has 2 aromatic carbocycles. The number of nitrogen functional groups attached to an aromatic ring is 1. The molecule has 0 bridgehead atoms. The van der Waals surface area contributed by atoms with Crippen molar-refractivity contribution in [3.8, 4) is 28.5 Å². The summed E-state index contributed by atoms with van der Waals surface area (Å²) in [6.07, 6.45) is 7.35. The Morgan fingerprint density at radius 2 is 1.69 bits per heavy atom. The van der Waals surface area contributed by atoms with Gasteiger partial charge in [0, 0.05) is 38.8 Å². The zero-order valence-electron chi connectivity index (χ0n) is 21.9. The van der Waals surface area contributed by atoms with Crippen LogP contribution in [0.4, 0.5) is 10.2 Å². The number of likely N-dealkylation sites (tertiary alicyclic amines) is 2. The molecule has 0 aliphatic carbocycles. The van der Waals surface area contributed by atoms with Crippen LogP contribution in [0.25, 0.3) is 11.1 Å². The molecule has 2 aliphatic rings. The number of ether oxygens (including phenoxy) is 2. The van der Waals surface area contributed by atoms with Crippen molar-refractivity contribution in [2.24, 2.45) is 0 Å². The highest BCUT2D eigenvalue weighted by Crippen LogP contribution is 2.35. The average molecular weight is 532 g/mol. The first-order valence-electron chi connectivity index (χ1n) is 13.5. The number of amides is 1. The molecule has 0 atom stereocenters. The third-order valence-corrected chi connectivity index (χ3v) is 7.00. The van der Waals surface area contributed by atoms with Crippen LogP contribution in [0.1, 0.15) is 25.7 Å². The molecule has 3 heterocycles. The van der Waals surface area contributed by atoms with E-state index in [1.807, 2.05) is 70.5 Å². The number of para-hydroxylation sites is 1. The zero-order chi connectivity index (χ0) is 27.0. The van der Waals surface area contributed by atoms with Gasteiger partial charge in [-0.1, -0.05) is 36.4 Å². The minimum absolute atomic E-state index is 0.0113. The quantitative estimate of drug-likeness (QED) is 0.414. The Balaban J connectivity index is 1.17. The lowest BCUT2D eigenvalue weighted by atomic mass is 10.0. The Morgan fingerprint density at radius 1 is 1.00 bits per heavy atom. The first-order chi connectivity index (χ1) is 19.0. The molecule has 5 rings (SSSR count). The molecule has 0 spiro atoms. The van der Waals surface area contributed by atoms with Gasteiger partial charge in [-0.15, -0.1) is 0 Å². The molecular weight excluding hydrogens is 497 g/mol. The second-order valence-corrected chi connectivity index (χ2v) is 9.95. The van der Waals surface area contributed by atoms with Crippen LogP contribution in [0.2, 0.25) is 0 Å². The number of hydrogen-bond acceptors (Lipinski definition) is 7. The molecule has 2 fully saturated rings. The second-order valence-electron chi connectivity index (χ2n) is 9.95. The molecular formula is C30H34FN5O3. The van der Waals surface area contributed by atoms with Gasteiger partial charge in [-0.05, 0) is 55.5 Å². The van der Waals surface area contributed by atoms with Gasteiger partial charge in [-0.3, -0.25) is 9.69 Å². The fourth-order valence-corrected chi connectivity index (χ4v) is 4.89. The van der Waals surface area contributed by atoms with Gasteiger partial charge < -0.3 is 20.1 Å². The van der Waals surface area contributed by atoms with Gasteiger partial charge in [0.2, 0.25) is 11.8 Å². The summed E-state index contributed by atoms with van der Waals surface area (Å²) >= 11 is 0. The van der Waals surface area contributed by atoms with Crippen molar-refractivity contribution in [3.63, 3.8) is 0 Å². The van der Waals surface area contributed by atoms with E-state index in [9.17, 15) is 9.18 Å². The topological polar surface area (TPSA) is 93.8 Å². The smallest absolute Gasteiger partial charge is 0.246 e. The molecule has 0 unspecified atom stereocenters. The number of hydrogen-bond donors (Lipinski definition) is 1. The van der Waals surface area contributed by atoms with Crippen LogP contribution in [-0.2, 0) is 4.79 Å². The van der Waals surface area contributed by atoms with E-state index in [2.05, 4.69) is 9.97 Å². The van der Waals surface area contributed by atoms with E-state index in [1.54, 1.807) is 6.08 Å². The van der Waals surface area contributed by atoms with Crippen molar-refractivity contribution in [1.29, 1.82) is 0 Å². The Morgan fingerprint density at radius 3 is 2.38 bits per heavy atom. The van der Waals surface area contributed by atoms with Gasteiger partial charge >= 0.3 is 0 Å². The van der Waals surface area contributed by atoms with Crippen molar-refractivity contribution in [1.82, 2.24) is 19.8 Å². The number of benzene rings is 2. The predicted octanol–water partition coefficient (Wildman–Crippen LogP) is 4.88. The highest BCUT2D eigenvalue weighted by Gasteiger charge is 2.25. The van der Waals surface area contributed by atoms with Crippen LogP contribution in [0.3, 0.4) is 0 Å². The Bertz CT molecular complexity index is 1260. The lowest BCUT2D eigenvalue weighted by Crippen LogP contribution is -2.48. The van der Waals surface area contributed by atoms with Gasteiger partial charge in [-0.2, -0.15) is 0 Å². The largest absolute Gasteiger partial charge is 0.474 e. The average Bonchev–Trinajstić information content (AvgIpc) is 2.90. The van der Waals surface area contributed by atoms with Crippen molar-refractivity contribution in [3.05, 3.63) is 73.1 Å².